The number of benzene rings is 2. The van der Waals surface area contributed by atoms with E-state index in [9.17, 15) is 14.4 Å². The molecule has 0 unspecified atom stereocenters. The fraction of sp³-hybridized carbons (Fsp3) is 0.320. The van der Waals surface area contributed by atoms with Gasteiger partial charge in [0.15, 0.2) is 11.5 Å². The first-order valence-corrected chi connectivity index (χ1v) is 13.5. The highest BCUT2D eigenvalue weighted by Crippen LogP contribution is 2.44. The van der Waals surface area contributed by atoms with Crippen molar-refractivity contribution in [1.82, 2.24) is 10.1 Å². The molecule has 0 radical (unpaired) electrons. The minimum atomic E-state index is -0.924. The van der Waals surface area contributed by atoms with Crippen molar-refractivity contribution in [3.05, 3.63) is 56.8 Å². The number of thioether (sulfide) groups is 1. The van der Waals surface area contributed by atoms with E-state index in [4.69, 9.17) is 14.6 Å². The second-order valence-electron chi connectivity index (χ2n) is 7.85. The van der Waals surface area contributed by atoms with Crippen LogP contribution in [-0.2, 0) is 9.59 Å². The molecule has 11 heteroatoms. The molecule has 1 N–H and O–H groups in total. The number of amides is 1. The monoisotopic (exact) mass is 573 g/mol. The maximum Gasteiger partial charge on any atom is 0.325 e. The Kier molecular flexibility index (Phi) is 7.79. The van der Waals surface area contributed by atoms with Crippen molar-refractivity contribution in [3.8, 4) is 22.8 Å². The van der Waals surface area contributed by atoms with Crippen molar-refractivity contribution in [1.29, 1.82) is 0 Å². The van der Waals surface area contributed by atoms with Gasteiger partial charge in [0.1, 0.15) is 0 Å². The van der Waals surface area contributed by atoms with Crippen molar-refractivity contribution in [3.63, 3.8) is 0 Å². The summed E-state index contributed by atoms with van der Waals surface area (Å²) in [5.41, 5.74) is 1.53. The molecule has 1 aliphatic heterocycles. The van der Waals surface area contributed by atoms with E-state index in [0.717, 1.165) is 0 Å². The van der Waals surface area contributed by atoms with Gasteiger partial charge in [-0.3, -0.25) is 19.4 Å². The third-order valence-electron chi connectivity index (χ3n) is 5.65. The van der Waals surface area contributed by atoms with Gasteiger partial charge in [0.2, 0.25) is 11.1 Å². The molecule has 3 aromatic rings. The summed E-state index contributed by atoms with van der Waals surface area (Å²) in [7, 11) is 0. The second-order valence-corrected chi connectivity index (χ2v) is 9.56. The van der Waals surface area contributed by atoms with Gasteiger partial charge in [-0.1, -0.05) is 53.7 Å². The Hall–Kier alpha value is -3.18. The Morgan fingerprint density at radius 1 is 1.19 bits per heavy atom. The molecule has 36 heavy (non-hydrogen) atoms. The van der Waals surface area contributed by atoms with E-state index in [1.807, 2.05) is 13.0 Å². The van der Waals surface area contributed by atoms with Gasteiger partial charge in [0, 0.05) is 22.4 Å². The van der Waals surface area contributed by atoms with Crippen LogP contribution in [0.4, 0.5) is 5.69 Å². The number of ether oxygens (including phenoxy) is 2. The predicted molar refractivity (Wildman–Crippen MR) is 139 cm³/mol. The number of rotatable bonds is 7. The maximum atomic E-state index is 13.5. The standard InChI is InChI=1S/C25H25BrN4O5S/c1-5-19(31)29-17-11-9-8-10-15(17)21-23(33)27-25(36-4)28-30(21)24(29)16-12-14(26)13-18(34-7-3)22(16)35-20(32)6-2/h8-13,24H,5-7H2,1-4H3/p+1/t24-/m1/s1. The molecular formula is C25H26BrN4O5S+. The lowest BCUT2D eigenvalue weighted by molar-refractivity contribution is -0.763. The third kappa shape index (κ3) is 4.64. The van der Waals surface area contributed by atoms with Gasteiger partial charge in [-0.05, 0) is 42.1 Å². The van der Waals surface area contributed by atoms with Gasteiger partial charge in [0.25, 0.3) is 6.17 Å². The van der Waals surface area contributed by atoms with Crippen LogP contribution >= 0.6 is 27.7 Å². The highest BCUT2D eigenvalue weighted by Gasteiger charge is 2.47. The molecule has 2 heterocycles. The predicted octanol–water partition coefficient (Wildman–Crippen LogP) is 4.23. The number of para-hydroxylation sites is 1. The van der Waals surface area contributed by atoms with Gasteiger partial charge in [0.05, 0.1) is 23.4 Å². The molecule has 9 nitrogen and oxygen atoms in total. The maximum absolute atomic E-state index is 13.5. The summed E-state index contributed by atoms with van der Waals surface area (Å²) in [6.07, 6.45) is 1.22. The van der Waals surface area contributed by atoms with E-state index < -0.39 is 12.1 Å². The molecule has 1 aliphatic rings. The summed E-state index contributed by atoms with van der Waals surface area (Å²) < 4.78 is 13.8. The summed E-state index contributed by atoms with van der Waals surface area (Å²) >= 11 is 4.80. The zero-order valence-corrected chi connectivity index (χ0v) is 22.7. The number of hydrogen-bond acceptors (Lipinski definition) is 7. The van der Waals surface area contributed by atoms with Crippen LogP contribution < -0.4 is 24.6 Å². The third-order valence-corrected chi connectivity index (χ3v) is 6.68. The minimum absolute atomic E-state index is 0.143. The summed E-state index contributed by atoms with van der Waals surface area (Å²) in [5.74, 6) is -0.137. The Morgan fingerprint density at radius 3 is 2.61 bits per heavy atom. The van der Waals surface area contributed by atoms with E-state index >= 15 is 0 Å². The zero-order chi connectivity index (χ0) is 26.0. The number of aromatic amines is 1. The number of aromatic nitrogens is 3. The fourth-order valence-electron chi connectivity index (χ4n) is 4.12. The summed E-state index contributed by atoms with van der Waals surface area (Å²) in [6.45, 7) is 5.62. The second kappa shape index (κ2) is 10.8. The van der Waals surface area contributed by atoms with Crippen molar-refractivity contribution < 1.29 is 23.7 Å². The van der Waals surface area contributed by atoms with E-state index in [1.165, 1.54) is 16.4 Å². The van der Waals surface area contributed by atoms with Gasteiger partial charge in [-0.15, -0.1) is 0 Å². The van der Waals surface area contributed by atoms with Gasteiger partial charge >= 0.3 is 17.2 Å². The number of hydrogen-bond donors (Lipinski definition) is 1. The van der Waals surface area contributed by atoms with Crippen LogP contribution in [0.3, 0.4) is 0 Å². The van der Waals surface area contributed by atoms with E-state index in [-0.39, 0.29) is 30.1 Å². The normalized spacial score (nSPS) is 14.1. The lowest BCUT2D eigenvalue weighted by atomic mass is 10.00. The number of anilines is 1. The van der Waals surface area contributed by atoms with Crippen LogP contribution in [0.1, 0.15) is 45.3 Å². The lowest BCUT2D eigenvalue weighted by Gasteiger charge is -2.32. The Morgan fingerprint density at radius 2 is 1.94 bits per heavy atom. The van der Waals surface area contributed by atoms with Crippen molar-refractivity contribution >= 4 is 45.3 Å². The number of carbonyl (C=O) groups excluding carboxylic acids is 2. The van der Waals surface area contributed by atoms with Crippen molar-refractivity contribution in [2.24, 2.45) is 0 Å². The van der Waals surface area contributed by atoms with Crippen LogP contribution in [0.5, 0.6) is 11.5 Å². The number of H-pyrrole nitrogens is 1. The first-order valence-electron chi connectivity index (χ1n) is 11.5. The van der Waals surface area contributed by atoms with Crippen LogP contribution in [0.25, 0.3) is 11.3 Å². The smallest absolute Gasteiger partial charge is 0.325 e. The highest BCUT2D eigenvalue weighted by atomic mass is 79.9. The number of esters is 1. The number of fused-ring (bicyclic) bond motifs is 3. The molecule has 1 amide bonds. The summed E-state index contributed by atoms with van der Waals surface area (Å²) in [4.78, 5) is 43.7. The largest absolute Gasteiger partial charge is 0.490 e. The minimum Gasteiger partial charge on any atom is -0.490 e. The van der Waals surface area contributed by atoms with Gasteiger partial charge in [-0.25, -0.2) is 4.90 Å². The van der Waals surface area contributed by atoms with Crippen LogP contribution in [0.15, 0.2) is 50.8 Å². The molecule has 0 saturated heterocycles. The molecule has 188 valence electrons. The zero-order valence-electron chi connectivity index (χ0n) is 20.3. The first kappa shape index (κ1) is 25.9. The average Bonchev–Trinajstić information content (AvgIpc) is 2.88. The fourth-order valence-corrected chi connectivity index (χ4v) is 4.94. The molecule has 1 aromatic heterocycles. The van der Waals surface area contributed by atoms with Gasteiger partial charge in [-0.2, -0.15) is 0 Å². The molecule has 2 aromatic carbocycles. The Labute approximate surface area is 220 Å². The molecular weight excluding hydrogens is 548 g/mol. The Bertz CT molecular complexity index is 1390. The van der Waals surface area contributed by atoms with Gasteiger partial charge < -0.3 is 9.47 Å². The quantitative estimate of drug-likeness (QED) is 0.195. The summed E-state index contributed by atoms with van der Waals surface area (Å²) in [5, 5.41) is 5.07. The Balaban J connectivity index is 2.13. The van der Waals surface area contributed by atoms with E-state index in [2.05, 4.69) is 20.9 Å². The molecule has 1 atom stereocenters. The number of nitrogens with one attached hydrogen (secondary N) is 1. The number of nitrogens with zero attached hydrogens (tertiary/aromatic N) is 3. The molecule has 0 aliphatic carbocycles. The SMILES string of the molecule is CCOc1cc(Br)cc([C@@H]2N(C(=O)CC)c3ccccc3-c3c(=O)[nH]c(SC)n[n+]32)c1OC(=O)CC. The van der Waals surface area contributed by atoms with Crippen LogP contribution in [0.2, 0.25) is 0 Å². The molecule has 0 spiro atoms. The van der Waals surface area contributed by atoms with E-state index in [0.29, 0.717) is 44.5 Å². The van der Waals surface area contributed by atoms with Crippen LogP contribution in [0, 0.1) is 0 Å². The molecule has 4 rings (SSSR count). The summed E-state index contributed by atoms with van der Waals surface area (Å²) in [6, 6.07) is 10.7. The first-order chi connectivity index (χ1) is 17.3. The molecule has 0 fully saturated rings. The average molecular weight is 574 g/mol. The number of halogens is 1. The lowest BCUT2D eigenvalue weighted by Crippen LogP contribution is -2.61. The van der Waals surface area contributed by atoms with Crippen molar-refractivity contribution in [2.45, 2.75) is 44.9 Å². The van der Waals surface area contributed by atoms with Crippen molar-refractivity contribution in [2.75, 3.05) is 17.8 Å². The topological polar surface area (TPSA) is 105 Å². The molecule has 0 saturated carbocycles. The van der Waals surface area contributed by atoms with E-state index in [1.54, 1.807) is 55.3 Å². The number of carbonyl (C=O) groups is 2. The molecule has 0 bridgehead atoms. The van der Waals surface area contributed by atoms with Crippen LogP contribution in [-0.4, -0.2) is 34.8 Å². The highest BCUT2D eigenvalue weighted by molar-refractivity contribution is 9.10.